The van der Waals surface area contributed by atoms with E-state index in [4.69, 9.17) is 4.74 Å². The second-order valence-corrected chi connectivity index (χ2v) is 6.49. The van der Waals surface area contributed by atoms with E-state index in [1.54, 1.807) is 34.7 Å². The number of hydrogen-bond donors (Lipinski definition) is 0. The molecular weight excluding hydrogens is 338 g/mol. The summed E-state index contributed by atoms with van der Waals surface area (Å²) in [6.45, 7) is 7.01. The third-order valence-electron chi connectivity index (χ3n) is 3.25. The lowest BCUT2D eigenvalue weighted by Crippen LogP contribution is -2.34. The minimum Gasteiger partial charge on any atom is -0.464 e. The van der Waals surface area contributed by atoms with Crippen LogP contribution in [0.4, 0.5) is 10.5 Å². The lowest BCUT2D eigenvalue weighted by Gasteiger charge is -2.24. The zero-order chi connectivity index (χ0) is 19.5. The number of hydrogen-bond acceptors (Lipinski definition) is 8. The molecule has 138 valence electrons. The van der Waals surface area contributed by atoms with Crippen molar-refractivity contribution >= 4 is 17.7 Å². The molecular formula is C17H21N5O4. The van der Waals surface area contributed by atoms with Crippen molar-refractivity contribution in [3.63, 3.8) is 0 Å². The van der Waals surface area contributed by atoms with Crippen LogP contribution in [0.1, 0.15) is 37.0 Å². The van der Waals surface area contributed by atoms with Gasteiger partial charge < -0.3 is 9.47 Å². The zero-order valence-corrected chi connectivity index (χ0v) is 15.6. The van der Waals surface area contributed by atoms with E-state index in [1.165, 1.54) is 30.6 Å². The van der Waals surface area contributed by atoms with E-state index >= 15 is 0 Å². The van der Waals surface area contributed by atoms with E-state index in [9.17, 15) is 9.59 Å². The number of amides is 1. The van der Waals surface area contributed by atoms with E-state index in [-0.39, 0.29) is 5.69 Å². The van der Waals surface area contributed by atoms with E-state index in [0.29, 0.717) is 22.9 Å². The predicted octanol–water partition coefficient (Wildman–Crippen LogP) is 2.40. The Morgan fingerprint density at radius 2 is 1.69 bits per heavy atom. The fourth-order valence-corrected chi connectivity index (χ4v) is 1.95. The summed E-state index contributed by atoms with van der Waals surface area (Å²) < 4.78 is 9.94. The Labute approximate surface area is 151 Å². The Kier molecular flexibility index (Phi) is 5.49. The number of carbonyl (C=O) groups excluding carboxylic acids is 2. The molecule has 0 radical (unpaired) electrons. The Morgan fingerprint density at radius 3 is 2.19 bits per heavy atom. The average Bonchev–Trinajstić information content (AvgIpc) is 2.59. The Hall–Kier alpha value is -3.10. The van der Waals surface area contributed by atoms with Crippen LogP contribution < -0.4 is 4.90 Å². The number of aromatic nitrogens is 4. The van der Waals surface area contributed by atoms with Crippen LogP contribution in [0.5, 0.6) is 0 Å². The summed E-state index contributed by atoms with van der Waals surface area (Å²) in [5.41, 5.74) is 0.826. The first-order valence-corrected chi connectivity index (χ1v) is 7.83. The van der Waals surface area contributed by atoms with Gasteiger partial charge in [-0.15, -0.1) is 0 Å². The molecule has 0 aliphatic heterocycles. The van der Waals surface area contributed by atoms with Crippen LogP contribution in [0.15, 0.2) is 18.6 Å². The number of aryl methyl sites for hydroxylation is 1. The highest BCUT2D eigenvalue weighted by Crippen LogP contribution is 2.18. The first-order valence-electron chi connectivity index (χ1n) is 7.83. The first kappa shape index (κ1) is 19.2. The van der Waals surface area contributed by atoms with Gasteiger partial charge in [-0.25, -0.2) is 29.5 Å². The summed E-state index contributed by atoms with van der Waals surface area (Å²) in [6, 6.07) is 0. The fourth-order valence-electron chi connectivity index (χ4n) is 1.95. The quantitative estimate of drug-likeness (QED) is 0.769. The first-order chi connectivity index (χ1) is 12.1. The fraction of sp³-hybridized carbons (Fsp3) is 0.412. The maximum absolute atomic E-state index is 12.1. The highest BCUT2D eigenvalue weighted by molar-refractivity contribution is 5.88. The number of carbonyl (C=O) groups is 2. The van der Waals surface area contributed by atoms with Gasteiger partial charge in [0.25, 0.3) is 0 Å². The topological polar surface area (TPSA) is 107 Å². The summed E-state index contributed by atoms with van der Waals surface area (Å²) >= 11 is 0. The lowest BCUT2D eigenvalue weighted by molar-refractivity contribution is 0.0581. The maximum atomic E-state index is 12.1. The summed E-state index contributed by atoms with van der Waals surface area (Å²) in [5.74, 6) is -0.241. The van der Waals surface area contributed by atoms with Gasteiger partial charge in [-0.05, 0) is 27.7 Å². The molecule has 0 spiro atoms. The van der Waals surface area contributed by atoms with Crippen molar-refractivity contribution in [2.75, 3.05) is 19.1 Å². The van der Waals surface area contributed by atoms with E-state index in [1.807, 2.05) is 0 Å². The molecule has 2 heterocycles. The molecule has 0 aliphatic carbocycles. The molecule has 0 aromatic carbocycles. The Balaban J connectivity index is 2.20. The minimum atomic E-state index is -0.597. The van der Waals surface area contributed by atoms with Gasteiger partial charge in [0.1, 0.15) is 11.3 Å². The molecule has 26 heavy (non-hydrogen) atoms. The van der Waals surface area contributed by atoms with Crippen molar-refractivity contribution in [2.24, 2.45) is 0 Å². The SMILES string of the molecule is COC(=O)c1ncc(-c2ncc(N(C)C(=O)OC(C)(C)C)cn2)nc1C. The summed E-state index contributed by atoms with van der Waals surface area (Å²) in [4.78, 5) is 41.7. The smallest absolute Gasteiger partial charge is 0.414 e. The zero-order valence-electron chi connectivity index (χ0n) is 15.6. The molecule has 0 N–H and O–H groups in total. The molecule has 0 saturated heterocycles. The largest absolute Gasteiger partial charge is 0.464 e. The van der Waals surface area contributed by atoms with Gasteiger partial charge in [0.2, 0.25) is 0 Å². The number of rotatable bonds is 3. The summed E-state index contributed by atoms with van der Waals surface area (Å²) in [6.07, 6.45) is 3.85. The molecule has 0 aliphatic rings. The number of esters is 1. The van der Waals surface area contributed by atoms with Crippen LogP contribution in [-0.4, -0.2) is 51.8 Å². The molecule has 9 nitrogen and oxygen atoms in total. The highest BCUT2D eigenvalue weighted by atomic mass is 16.6. The van der Waals surface area contributed by atoms with Crippen molar-refractivity contribution in [3.8, 4) is 11.5 Å². The van der Waals surface area contributed by atoms with Crippen molar-refractivity contribution in [1.29, 1.82) is 0 Å². The van der Waals surface area contributed by atoms with Crippen LogP contribution in [-0.2, 0) is 9.47 Å². The van der Waals surface area contributed by atoms with Crippen LogP contribution in [0.3, 0.4) is 0 Å². The van der Waals surface area contributed by atoms with Gasteiger partial charge in [-0.1, -0.05) is 0 Å². The van der Waals surface area contributed by atoms with Gasteiger partial charge in [0.05, 0.1) is 37.1 Å². The molecule has 0 saturated carbocycles. The van der Waals surface area contributed by atoms with Crippen LogP contribution in [0, 0.1) is 6.92 Å². The lowest BCUT2D eigenvalue weighted by atomic mass is 10.2. The molecule has 9 heteroatoms. The van der Waals surface area contributed by atoms with Crippen molar-refractivity contribution in [2.45, 2.75) is 33.3 Å². The second kappa shape index (κ2) is 7.42. The Bertz CT molecular complexity index is 815. The van der Waals surface area contributed by atoms with Gasteiger partial charge >= 0.3 is 12.1 Å². The standard InChI is InChI=1S/C17H21N5O4/c1-10-13(15(23)25-6)18-9-12(21-10)14-19-7-11(8-20-14)22(5)16(24)26-17(2,3)4/h7-9H,1-6H3. The van der Waals surface area contributed by atoms with Crippen LogP contribution in [0.25, 0.3) is 11.5 Å². The predicted molar refractivity (Wildman–Crippen MR) is 93.8 cm³/mol. The monoisotopic (exact) mass is 359 g/mol. The molecule has 2 rings (SSSR count). The van der Waals surface area contributed by atoms with Gasteiger partial charge in [-0.3, -0.25) is 4.90 Å². The number of methoxy groups -OCH3 is 1. The minimum absolute atomic E-state index is 0.137. The number of anilines is 1. The third-order valence-corrected chi connectivity index (χ3v) is 3.25. The summed E-state index contributed by atoms with van der Waals surface area (Å²) in [7, 11) is 2.85. The normalized spacial score (nSPS) is 11.0. The van der Waals surface area contributed by atoms with Gasteiger partial charge in [-0.2, -0.15) is 0 Å². The number of ether oxygens (including phenoxy) is 2. The number of nitrogens with zero attached hydrogens (tertiary/aromatic N) is 5. The van der Waals surface area contributed by atoms with Crippen LogP contribution in [0.2, 0.25) is 0 Å². The molecule has 1 amide bonds. The van der Waals surface area contributed by atoms with E-state index < -0.39 is 17.7 Å². The van der Waals surface area contributed by atoms with Crippen molar-refractivity contribution < 1.29 is 19.1 Å². The molecule has 0 bridgehead atoms. The molecule has 0 fully saturated rings. The van der Waals surface area contributed by atoms with E-state index in [0.717, 1.165) is 0 Å². The molecule has 2 aromatic heterocycles. The molecule has 0 unspecified atom stereocenters. The Morgan fingerprint density at radius 1 is 1.08 bits per heavy atom. The van der Waals surface area contributed by atoms with Crippen molar-refractivity contribution in [1.82, 2.24) is 19.9 Å². The van der Waals surface area contributed by atoms with E-state index in [2.05, 4.69) is 24.7 Å². The second-order valence-electron chi connectivity index (χ2n) is 6.49. The third kappa shape index (κ3) is 4.50. The molecule has 0 atom stereocenters. The van der Waals surface area contributed by atoms with Gasteiger partial charge in [0, 0.05) is 7.05 Å². The van der Waals surface area contributed by atoms with Crippen LogP contribution >= 0.6 is 0 Å². The van der Waals surface area contributed by atoms with Crippen molar-refractivity contribution in [3.05, 3.63) is 30.0 Å². The maximum Gasteiger partial charge on any atom is 0.414 e. The molecule has 2 aromatic rings. The summed E-state index contributed by atoms with van der Waals surface area (Å²) in [5, 5.41) is 0. The average molecular weight is 359 g/mol. The highest BCUT2D eigenvalue weighted by Gasteiger charge is 2.21. The van der Waals surface area contributed by atoms with Gasteiger partial charge in [0.15, 0.2) is 11.5 Å².